The Morgan fingerprint density at radius 3 is 3.21 bits per heavy atom. The van der Waals surface area contributed by atoms with Crippen LogP contribution in [0.5, 0.6) is 5.75 Å². The van der Waals surface area contributed by atoms with Crippen LogP contribution in [0.15, 0.2) is 35.1 Å². The SMILES string of the molecule is Cn1ccnc1CNCC1Cc2cc(Br)ccc2O1. The monoisotopic (exact) mass is 321 g/mol. The van der Waals surface area contributed by atoms with Crippen molar-refractivity contribution >= 4 is 15.9 Å². The number of hydrogen-bond donors (Lipinski definition) is 1. The average molecular weight is 322 g/mol. The van der Waals surface area contributed by atoms with E-state index in [0.29, 0.717) is 0 Å². The molecule has 2 heterocycles. The highest BCUT2D eigenvalue weighted by Crippen LogP contribution is 2.30. The van der Waals surface area contributed by atoms with E-state index in [1.165, 1.54) is 5.56 Å². The summed E-state index contributed by atoms with van der Waals surface area (Å²) in [5.74, 6) is 2.05. The van der Waals surface area contributed by atoms with Crippen LogP contribution in [0.2, 0.25) is 0 Å². The molecule has 5 heteroatoms. The Kier molecular flexibility index (Phi) is 3.57. The van der Waals surface area contributed by atoms with Crippen LogP contribution in [0.3, 0.4) is 0 Å². The van der Waals surface area contributed by atoms with Gasteiger partial charge in [0.15, 0.2) is 0 Å². The van der Waals surface area contributed by atoms with Gasteiger partial charge in [0.1, 0.15) is 17.7 Å². The van der Waals surface area contributed by atoms with Crippen molar-refractivity contribution in [1.29, 1.82) is 0 Å². The Morgan fingerprint density at radius 2 is 2.42 bits per heavy atom. The average Bonchev–Trinajstić information content (AvgIpc) is 2.95. The number of imidazole rings is 1. The molecule has 1 atom stereocenters. The zero-order chi connectivity index (χ0) is 13.2. The Hall–Kier alpha value is -1.33. The molecule has 1 aliphatic heterocycles. The molecule has 0 spiro atoms. The first-order valence-electron chi connectivity index (χ1n) is 6.34. The van der Waals surface area contributed by atoms with Crippen molar-refractivity contribution in [3.63, 3.8) is 0 Å². The predicted octanol–water partition coefficient (Wildman–Crippen LogP) is 2.28. The van der Waals surface area contributed by atoms with E-state index in [9.17, 15) is 0 Å². The first-order valence-corrected chi connectivity index (χ1v) is 7.13. The fourth-order valence-electron chi connectivity index (χ4n) is 2.31. The van der Waals surface area contributed by atoms with E-state index in [-0.39, 0.29) is 6.10 Å². The van der Waals surface area contributed by atoms with Crippen molar-refractivity contribution in [2.24, 2.45) is 7.05 Å². The summed E-state index contributed by atoms with van der Waals surface area (Å²) in [5.41, 5.74) is 1.28. The number of rotatable bonds is 4. The van der Waals surface area contributed by atoms with Gasteiger partial charge < -0.3 is 14.6 Å². The Morgan fingerprint density at radius 1 is 1.53 bits per heavy atom. The normalized spacial score (nSPS) is 17.3. The first kappa shape index (κ1) is 12.7. The summed E-state index contributed by atoms with van der Waals surface area (Å²) in [4.78, 5) is 4.28. The maximum Gasteiger partial charge on any atom is 0.123 e. The van der Waals surface area contributed by atoms with Gasteiger partial charge in [0.05, 0.1) is 6.54 Å². The number of aryl methyl sites for hydroxylation is 1. The van der Waals surface area contributed by atoms with Crippen molar-refractivity contribution in [3.8, 4) is 5.75 Å². The number of halogens is 1. The molecule has 1 aromatic heterocycles. The van der Waals surface area contributed by atoms with Gasteiger partial charge in [0, 0.05) is 36.9 Å². The van der Waals surface area contributed by atoms with Crippen molar-refractivity contribution < 1.29 is 4.74 Å². The van der Waals surface area contributed by atoms with Crippen LogP contribution in [0, 0.1) is 0 Å². The lowest BCUT2D eigenvalue weighted by molar-refractivity contribution is 0.226. The lowest BCUT2D eigenvalue weighted by atomic mass is 10.1. The van der Waals surface area contributed by atoms with Gasteiger partial charge in [-0.25, -0.2) is 4.98 Å². The molecule has 0 saturated carbocycles. The molecule has 3 rings (SSSR count). The number of fused-ring (bicyclic) bond motifs is 1. The number of nitrogens with one attached hydrogen (secondary N) is 1. The van der Waals surface area contributed by atoms with Crippen LogP contribution in [0.4, 0.5) is 0 Å². The molecule has 1 N–H and O–H groups in total. The van der Waals surface area contributed by atoms with E-state index in [0.717, 1.165) is 35.6 Å². The molecule has 0 amide bonds. The van der Waals surface area contributed by atoms with Crippen LogP contribution >= 0.6 is 15.9 Å². The Bertz CT molecular complexity index is 582. The van der Waals surface area contributed by atoms with E-state index >= 15 is 0 Å². The zero-order valence-corrected chi connectivity index (χ0v) is 12.4. The minimum absolute atomic E-state index is 0.213. The topological polar surface area (TPSA) is 39.1 Å². The fourth-order valence-corrected chi connectivity index (χ4v) is 2.72. The third kappa shape index (κ3) is 2.82. The van der Waals surface area contributed by atoms with Gasteiger partial charge in [-0.05, 0) is 23.8 Å². The summed E-state index contributed by atoms with van der Waals surface area (Å²) in [7, 11) is 2.00. The van der Waals surface area contributed by atoms with Gasteiger partial charge in [0.2, 0.25) is 0 Å². The van der Waals surface area contributed by atoms with Gasteiger partial charge in [0.25, 0.3) is 0 Å². The Balaban J connectivity index is 1.52. The summed E-state index contributed by atoms with van der Waals surface area (Å²) in [5, 5.41) is 3.40. The minimum Gasteiger partial charge on any atom is -0.488 e. The van der Waals surface area contributed by atoms with Crippen LogP contribution in [-0.4, -0.2) is 22.2 Å². The lowest BCUT2D eigenvalue weighted by Gasteiger charge is -2.11. The van der Waals surface area contributed by atoms with Crippen LogP contribution < -0.4 is 10.1 Å². The van der Waals surface area contributed by atoms with Crippen molar-refractivity contribution in [3.05, 3.63) is 46.5 Å². The smallest absolute Gasteiger partial charge is 0.123 e. The molecule has 1 aromatic carbocycles. The van der Waals surface area contributed by atoms with E-state index in [1.54, 1.807) is 0 Å². The molecular weight excluding hydrogens is 306 g/mol. The van der Waals surface area contributed by atoms with Crippen LogP contribution in [0.25, 0.3) is 0 Å². The molecule has 4 nitrogen and oxygen atoms in total. The van der Waals surface area contributed by atoms with Crippen LogP contribution in [0.1, 0.15) is 11.4 Å². The first-order chi connectivity index (χ1) is 9.22. The van der Waals surface area contributed by atoms with Gasteiger partial charge in [-0.2, -0.15) is 0 Å². The number of aromatic nitrogens is 2. The van der Waals surface area contributed by atoms with Crippen LogP contribution in [-0.2, 0) is 20.0 Å². The van der Waals surface area contributed by atoms with E-state index in [4.69, 9.17) is 4.74 Å². The summed E-state index contributed by atoms with van der Waals surface area (Å²) >= 11 is 3.49. The minimum atomic E-state index is 0.213. The highest BCUT2D eigenvalue weighted by molar-refractivity contribution is 9.10. The molecule has 0 aliphatic carbocycles. The molecule has 1 unspecified atom stereocenters. The summed E-state index contributed by atoms with van der Waals surface area (Å²) in [6.07, 6.45) is 4.94. The van der Waals surface area contributed by atoms with Crippen molar-refractivity contribution in [1.82, 2.24) is 14.9 Å². The molecule has 0 saturated heterocycles. The maximum absolute atomic E-state index is 5.90. The number of nitrogens with zero attached hydrogens (tertiary/aromatic N) is 2. The number of ether oxygens (including phenoxy) is 1. The summed E-state index contributed by atoms with van der Waals surface area (Å²) < 4.78 is 9.03. The van der Waals surface area contributed by atoms with Gasteiger partial charge in [-0.1, -0.05) is 15.9 Å². The quantitative estimate of drug-likeness (QED) is 0.939. The van der Waals surface area contributed by atoms with E-state index in [2.05, 4.69) is 32.3 Å². The standard InChI is InChI=1S/C14H16BrN3O/c1-18-5-4-17-14(18)9-16-8-12-7-10-6-11(15)2-3-13(10)19-12/h2-6,12,16H,7-9H2,1H3. The molecule has 100 valence electrons. The number of benzene rings is 1. The van der Waals surface area contributed by atoms with Gasteiger partial charge >= 0.3 is 0 Å². The lowest BCUT2D eigenvalue weighted by Crippen LogP contribution is -2.30. The largest absolute Gasteiger partial charge is 0.488 e. The second kappa shape index (κ2) is 5.35. The van der Waals surface area contributed by atoms with E-state index < -0.39 is 0 Å². The molecule has 0 bridgehead atoms. The Labute approximate surface area is 120 Å². The predicted molar refractivity (Wildman–Crippen MR) is 77.2 cm³/mol. The third-order valence-corrected chi connectivity index (χ3v) is 3.83. The highest BCUT2D eigenvalue weighted by atomic mass is 79.9. The summed E-state index contributed by atoms with van der Waals surface area (Å²) in [6, 6.07) is 6.18. The number of hydrogen-bond acceptors (Lipinski definition) is 3. The van der Waals surface area contributed by atoms with Gasteiger partial charge in [-0.3, -0.25) is 0 Å². The fraction of sp³-hybridized carbons (Fsp3) is 0.357. The molecule has 2 aromatic rings. The maximum atomic E-state index is 5.90. The second-order valence-electron chi connectivity index (χ2n) is 4.78. The zero-order valence-electron chi connectivity index (χ0n) is 10.8. The third-order valence-electron chi connectivity index (χ3n) is 3.34. The van der Waals surface area contributed by atoms with E-state index in [1.807, 2.05) is 36.1 Å². The molecule has 1 aliphatic rings. The molecule has 0 fully saturated rings. The highest BCUT2D eigenvalue weighted by Gasteiger charge is 2.22. The summed E-state index contributed by atoms with van der Waals surface area (Å²) in [6.45, 7) is 1.60. The second-order valence-corrected chi connectivity index (χ2v) is 5.70. The molecular formula is C14H16BrN3O. The van der Waals surface area contributed by atoms with Crippen molar-refractivity contribution in [2.45, 2.75) is 19.1 Å². The molecule has 19 heavy (non-hydrogen) atoms. The molecule has 0 radical (unpaired) electrons. The van der Waals surface area contributed by atoms with Gasteiger partial charge in [-0.15, -0.1) is 0 Å². The van der Waals surface area contributed by atoms with Crippen molar-refractivity contribution in [2.75, 3.05) is 6.54 Å².